The monoisotopic (exact) mass is 302 g/mol. The second-order valence-electron chi connectivity index (χ2n) is 4.89. The Morgan fingerprint density at radius 1 is 1.05 bits per heavy atom. The van der Waals surface area contributed by atoms with E-state index in [0.717, 1.165) is 6.54 Å². The fraction of sp³-hybridized carbons (Fsp3) is 0.357. The van der Waals surface area contributed by atoms with E-state index in [2.05, 4.69) is 67.7 Å². The Bertz CT molecular complexity index is 576. The molecule has 0 N–H and O–H groups in total. The van der Waals surface area contributed by atoms with Gasteiger partial charge in [0.15, 0.2) is 0 Å². The molecule has 0 aliphatic rings. The number of halogens is 4. The van der Waals surface area contributed by atoms with Gasteiger partial charge in [-0.1, -0.05) is 17.7 Å². The van der Waals surface area contributed by atoms with E-state index in [9.17, 15) is 17.3 Å². The molecule has 1 aromatic heterocycles. The third kappa shape index (κ3) is 5.61. The van der Waals surface area contributed by atoms with Crippen LogP contribution in [0.15, 0.2) is 30.9 Å². The fourth-order valence-corrected chi connectivity index (χ4v) is 2.29. The van der Waals surface area contributed by atoms with Gasteiger partial charge in [-0.3, -0.25) is 0 Å². The minimum absolute atomic E-state index is 1.01. The second kappa shape index (κ2) is 6.78. The SMILES string of the molecule is CCn1cc[n+](-c2c(C)cc(C)cc2C)c1.F[B-](F)(F)F. The number of aryl methyl sites for hydroxylation is 4. The molecule has 7 heteroatoms. The molecular weight excluding hydrogens is 283 g/mol. The molecule has 0 amide bonds. The van der Waals surface area contributed by atoms with Gasteiger partial charge in [-0.05, 0) is 38.8 Å². The van der Waals surface area contributed by atoms with Crippen molar-refractivity contribution in [3.8, 4) is 5.69 Å². The van der Waals surface area contributed by atoms with E-state index in [-0.39, 0.29) is 0 Å². The highest BCUT2D eigenvalue weighted by atomic mass is 19.5. The van der Waals surface area contributed by atoms with Gasteiger partial charge in [-0.15, -0.1) is 0 Å². The van der Waals surface area contributed by atoms with Gasteiger partial charge in [0.05, 0.1) is 6.54 Å². The van der Waals surface area contributed by atoms with Crippen LogP contribution in [0.1, 0.15) is 23.6 Å². The number of nitrogens with zero attached hydrogens (tertiary/aromatic N) is 2. The Morgan fingerprint density at radius 3 is 1.90 bits per heavy atom. The van der Waals surface area contributed by atoms with Crippen molar-refractivity contribution in [3.63, 3.8) is 0 Å². The highest BCUT2D eigenvalue weighted by molar-refractivity contribution is 6.50. The Balaban J connectivity index is 0.000000383. The van der Waals surface area contributed by atoms with Crippen LogP contribution in [0.25, 0.3) is 5.69 Å². The van der Waals surface area contributed by atoms with Crippen LogP contribution in [0, 0.1) is 20.8 Å². The van der Waals surface area contributed by atoms with Crippen LogP contribution in [0.5, 0.6) is 0 Å². The van der Waals surface area contributed by atoms with Crippen molar-refractivity contribution >= 4 is 7.25 Å². The summed E-state index contributed by atoms with van der Waals surface area (Å²) in [6, 6.07) is 4.47. The smallest absolute Gasteiger partial charge is 0.418 e. The predicted molar refractivity (Wildman–Crippen MR) is 76.0 cm³/mol. The summed E-state index contributed by atoms with van der Waals surface area (Å²) in [7, 11) is -6.00. The molecule has 0 fully saturated rings. The summed E-state index contributed by atoms with van der Waals surface area (Å²) >= 11 is 0. The average molecular weight is 302 g/mol. The van der Waals surface area contributed by atoms with E-state index in [1.165, 1.54) is 22.4 Å². The van der Waals surface area contributed by atoms with E-state index in [4.69, 9.17) is 0 Å². The van der Waals surface area contributed by atoms with Gasteiger partial charge in [0.2, 0.25) is 6.33 Å². The van der Waals surface area contributed by atoms with Crippen LogP contribution < -0.4 is 4.57 Å². The van der Waals surface area contributed by atoms with Crippen LogP contribution in [-0.4, -0.2) is 11.8 Å². The number of hydrogen-bond acceptors (Lipinski definition) is 0. The first-order valence-corrected chi connectivity index (χ1v) is 6.64. The normalized spacial score (nSPS) is 11.0. The quantitative estimate of drug-likeness (QED) is 0.450. The van der Waals surface area contributed by atoms with Crippen molar-refractivity contribution in [2.45, 2.75) is 34.2 Å². The standard InChI is InChI=1S/C14H19N2.BF4/c1-5-15-6-7-16(10-15)14-12(3)8-11(2)9-13(14)4;2-1(3,4)5/h6-10H,5H2,1-4H3;/q+1;-1. The van der Waals surface area contributed by atoms with E-state index in [1.807, 2.05) is 0 Å². The minimum atomic E-state index is -6.00. The molecular formula is C14H19BF4N2. The topological polar surface area (TPSA) is 8.81 Å². The van der Waals surface area contributed by atoms with Crippen molar-refractivity contribution in [2.24, 2.45) is 0 Å². The van der Waals surface area contributed by atoms with Gasteiger partial charge in [-0.25, -0.2) is 9.13 Å². The lowest BCUT2D eigenvalue weighted by atomic mass is 10.1. The molecule has 2 rings (SSSR count). The van der Waals surface area contributed by atoms with Gasteiger partial charge in [-0.2, -0.15) is 0 Å². The maximum absolute atomic E-state index is 9.75. The predicted octanol–water partition coefficient (Wildman–Crippen LogP) is 4.01. The fourth-order valence-electron chi connectivity index (χ4n) is 2.29. The van der Waals surface area contributed by atoms with Crippen LogP contribution in [0.4, 0.5) is 17.3 Å². The number of imidazole rings is 1. The molecule has 0 radical (unpaired) electrons. The maximum atomic E-state index is 9.75. The molecule has 0 bridgehead atoms. The molecule has 21 heavy (non-hydrogen) atoms. The molecule has 0 atom stereocenters. The third-order valence-electron chi connectivity index (χ3n) is 2.95. The minimum Gasteiger partial charge on any atom is -0.418 e. The summed E-state index contributed by atoms with van der Waals surface area (Å²) in [6.07, 6.45) is 6.37. The van der Waals surface area contributed by atoms with E-state index in [0.29, 0.717) is 0 Å². The molecule has 0 aliphatic heterocycles. The molecule has 116 valence electrons. The van der Waals surface area contributed by atoms with Crippen LogP contribution in [0.2, 0.25) is 0 Å². The largest absolute Gasteiger partial charge is 0.673 e. The van der Waals surface area contributed by atoms with E-state index < -0.39 is 7.25 Å². The Hall–Kier alpha value is -1.79. The highest BCUT2D eigenvalue weighted by Crippen LogP contribution is 2.15. The zero-order chi connectivity index (χ0) is 16.2. The number of hydrogen-bond donors (Lipinski definition) is 0. The molecule has 2 aromatic rings. The average Bonchev–Trinajstić information content (AvgIpc) is 2.73. The number of benzene rings is 1. The number of aromatic nitrogens is 2. The Labute approximate surface area is 122 Å². The zero-order valence-electron chi connectivity index (χ0n) is 12.6. The lowest BCUT2D eigenvalue weighted by molar-refractivity contribution is -0.596. The third-order valence-corrected chi connectivity index (χ3v) is 2.95. The van der Waals surface area contributed by atoms with Crippen molar-refractivity contribution in [2.75, 3.05) is 0 Å². The van der Waals surface area contributed by atoms with Crippen LogP contribution >= 0.6 is 0 Å². The first-order chi connectivity index (χ1) is 9.61. The molecule has 0 unspecified atom stereocenters. The van der Waals surface area contributed by atoms with Crippen molar-refractivity contribution in [1.29, 1.82) is 0 Å². The van der Waals surface area contributed by atoms with Gasteiger partial charge in [0.25, 0.3) is 0 Å². The lowest BCUT2D eigenvalue weighted by Crippen LogP contribution is -2.30. The summed E-state index contributed by atoms with van der Waals surface area (Å²) in [5.74, 6) is 0. The van der Waals surface area contributed by atoms with Gasteiger partial charge in [0.1, 0.15) is 18.1 Å². The van der Waals surface area contributed by atoms with Gasteiger partial charge in [0, 0.05) is 0 Å². The van der Waals surface area contributed by atoms with Crippen molar-refractivity contribution in [1.82, 2.24) is 4.57 Å². The summed E-state index contributed by atoms with van der Waals surface area (Å²) in [5.41, 5.74) is 5.29. The van der Waals surface area contributed by atoms with Crippen molar-refractivity contribution < 1.29 is 21.8 Å². The van der Waals surface area contributed by atoms with Gasteiger partial charge < -0.3 is 17.3 Å². The van der Waals surface area contributed by atoms with E-state index >= 15 is 0 Å². The summed E-state index contributed by atoms with van der Waals surface area (Å²) in [4.78, 5) is 0. The molecule has 2 nitrogen and oxygen atoms in total. The Morgan fingerprint density at radius 2 is 1.52 bits per heavy atom. The first-order valence-electron chi connectivity index (χ1n) is 6.64. The second-order valence-corrected chi connectivity index (χ2v) is 4.89. The highest BCUT2D eigenvalue weighted by Gasteiger charge is 2.20. The molecule has 1 aromatic carbocycles. The molecule has 0 aliphatic carbocycles. The molecule has 0 spiro atoms. The lowest BCUT2D eigenvalue weighted by Gasteiger charge is -2.06. The van der Waals surface area contributed by atoms with Crippen molar-refractivity contribution in [3.05, 3.63) is 47.5 Å². The maximum Gasteiger partial charge on any atom is 0.673 e. The Kier molecular flexibility index (Phi) is 5.58. The summed E-state index contributed by atoms with van der Waals surface area (Å²) in [5, 5.41) is 0. The first kappa shape index (κ1) is 17.3. The van der Waals surface area contributed by atoms with Gasteiger partial charge >= 0.3 is 7.25 Å². The molecule has 0 saturated carbocycles. The van der Waals surface area contributed by atoms with Crippen LogP contribution in [0.3, 0.4) is 0 Å². The number of rotatable bonds is 2. The zero-order valence-corrected chi connectivity index (χ0v) is 12.6. The summed E-state index contributed by atoms with van der Waals surface area (Å²) in [6.45, 7) is 9.65. The van der Waals surface area contributed by atoms with E-state index in [1.54, 1.807) is 0 Å². The molecule has 1 heterocycles. The molecule has 0 saturated heterocycles. The summed E-state index contributed by atoms with van der Waals surface area (Å²) < 4.78 is 43.4. The van der Waals surface area contributed by atoms with Crippen LogP contribution in [-0.2, 0) is 6.54 Å².